The Bertz CT molecular complexity index is 497. The molecule has 0 bridgehead atoms. The van der Waals surface area contributed by atoms with Gasteiger partial charge in [-0.3, -0.25) is 0 Å². The molecule has 1 rings (SSSR count). The predicted octanol–water partition coefficient (Wildman–Crippen LogP) is 0.968. The molecule has 0 aliphatic heterocycles. The van der Waals surface area contributed by atoms with Crippen LogP contribution in [0.5, 0.6) is 0 Å². The normalized spacial score (nSPS) is 15.5. The Morgan fingerprint density at radius 2 is 1.74 bits per heavy atom. The van der Waals surface area contributed by atoms with Crippen molar-refractivity contribution in [1.29, 1.82) is 0 Å². The zero-order chi connectivity index (χ0) is 14.6. The molecule has 0 spiro atoms. The van der Waals surface area contributed by atoms with Crippen molar-refractivity contribution < 1.29 is 13.5 Å². The summed E-state index contributed by atoms with van der Waals surface area (Å²) < 4.78 is 25.0. The van der Waals surface area contributed by atoms with Crippen LogP contribution < -0.4 is 5.32 Å². The number of rotatable bonds is 6. The van der Waals surface area contributed by atoms with Gasteiger partial charge in [0.2, 0.25) is 10.0 Å². The lowest BCUT2D eigenvalue weighted by atomic mass is 10.1. The van der Waals surface area contributed by atoms with E-state index in [1.54, 1.807) is 24.3 Å². The van der Waals surface area contributed by atoms with Gasteiger partial charge in [-0.15, -0.1) is 0 Å². The summed E-state index contributed by atoms with van der Waals surface area (Å²) in [6.07, 6.45) is 0. The first kappa shape index (κ1) is 16.1. The topological polar surface area (TPSA) is 69.6 Å². The molecule has 19 heavy (non-hydrogen) atoms. The molecule has 108 valence electrons. The van der Waals surface area contributed by atoms with E-state index < -0.39 is 10.0 Å². The van der Waals surface area contributed by atoms with E-state index in [0.29, 0.717) is 0 Å². The van der Waals surface area contributed by atoms with E-state index in [0.717, 1.165) is 5.56 Å². The van der Waals surface area contributed by atoms with Crippen molar-refractivity contribution in [3.05, 3.63) is 29.8 Å². The zero-order valence-electron chi connectivity index (χ0n) is 11.8. The molecule has 2 N–H and O–H groups in total. The van der Waals surface area contributed by atoms with E-state index in [2.05, 4.69) is 5.32 Å². The summed E-state index contributed by atoms with van der Waals surface area (Å²) in [7, 11) is -0.354. The van der Waals surface area contributed by atoms with Gasteiger partial charge in [-0.2, -0.15) is 0 Å². The third kappa shape index (κ3) is 4.01. The lowest BCUT2D eigenvalue weighted by molar-refractivity contribution is 0.243. The number of aliphatic hydroxyl groups is 1. The van der Waals surface area contributed by atoms with Gasteiger partial charge in [0.25, 0.3) is 0 Å². The van der Waals surface area contributed by atoms with Gasteiger partial charge in [0.1, 0.15) is 0 Å². The second-order valence-electron chi connectivity index (χ2n) is 4.83. The fourth-order valence-corrected chi connectivity index (χ4v) is 2.62. The van der Waals surface area contributed by atoms with Crippen LogP contribution in [-0.2, 0) is 10.0 Å². The van der Waals surface area contributed by atoms with Crippen LogP contribution in [0.2, 0.25) is 0 Å². The van der Waals surface area contributed by atoms with Gasteiger partial charge in [-0.25, -0.2) is 12.7 Å². The Balaban J connectivity index is 2.88. The molecule has 0 saturated heterocycles. The summed E-state index contributed by atoms with van der Waals surface area (Å²) in [4.78, 5) is 0.281. The van der Waals surface area contributed by atoms with Crippen LogP contribution in [0.3, 0.4) is 0 Å². The Hall–Kier alpha value is -0.950. The third-order valence-electron chi connectivity index (χ3n) is 2.97. The molecule has 0 heterocycles. The van der Waals surface area contributed by atoms with Gasteiger partial charge >= 0.3 is 0 Å². The minimum Gasteiger partial charge on any atom is -0.395 e. The summed E-state index contributed by atoms with van der Waals surface area (Å²) in [5.41, 5.74) is 0.984. The van der Waals surface area contributed by atoms with Gasteiger partial charge in [-0.1, -0.05) is 12.1 Å². The fourth-order valence-electron chi connectivity index (χ4n) is 1.71. The highest BCUT2D eigenvalue weighted by Gasteiger charge is 2.17. The summed E-state index contributed by atoms with van der Waals surface area (Å²) in [6.45, 7) is 3.93. The molecule has 0 amide bonds. The molecule has 1 aromatic rings. The van der Waals surface area contributed by atoms with E-state index in [-0.39, 0.29) is 23.6 Å². The van der Waals surface area contributed by atoms with Crippen molar-refractivity contribution in [3.63, 3.8) is 0 Å². The number of aliphatic hydroxyl groups excluding tert-OH is 1. The number of nitrogens with zero attached hydrogens (tertiary/aromatic N) is 1. The van der Waals surface area contributed by atoms with Gasteiger partial charge in [-0.05, 0) is 31.5 Å². The minimum atomic E-state index is -3.37. The Kier molecular flexibility index (Phi) is 5.49. The number of hydrogen-bond donors (Lipinski definition) is 2. The van der Waals surface area contributed by atoms with Crippen LogP contribution >= 0.6 is 0 Å². The average Bonchev–Trinajstić information content (AvgIpc) is 2.38. The van der Waals surface area contributed by atoms with Gasteiger partial charge in [0.05, 0.1) is 11.5 Å². The number of benzene rings is 1. The number of sulfonamides is 1. The molecule has 6 heteroatoms. The second-order valence-corrected chi connectivity index (χ2v) is 6.98. The Morgan fingerprint density at radius 1 is 1.21 bits per heavy atom. The summed E-state index contributed by atoms with van der Waals surface area (Å²) in [5, 5.41) is 12.2. The van der Waals surface area contributed by atoms with Crippen LogP contribution in [0.4, 0.5) is 0 Å². The number of nitrogens with one attached hydrogen (secondary N) is 1. The largest absolute Gasteiger partial charge is 0.395 e. The third-order valence-corrected chi connectivity index (χ3v) is 4.80. The highest BCUT2D eigenvalue weighted by atomic mass is 32.2. The molecular weight excluding hydrogens is 264 g/mol. The molecular formula is C13H22N2O3S. The summed E-state index contributed by atoms with van der Waals surface area (Å²) in [5.74, 6) is 0. The van der Waals surface area contributed by atoms with Crippen molar-refractivity contribution in [2.75, 3.05) is 20.7 Å². The van der Waals surface area contributed by atoms with Crippen molar-refractivity contribution in [2.45, 2.75) is 30.8 Å². The molecule has 2 atom stereocenters. The molecule has 1 unspecified atom stereocenters. The minimum absolute atomic E-state index is 0.000171. The molecule has 0 fully saturated rings. The van der Waals surface area contributed by atoms with Crippen LogP contribution in [0.1, 0.15) is 25.5 Å². The summed E-state index contributed by atoms with van der Waals surface area (Å²) >= 11 is 0. The average molecular weight is 286 g/mol. The van der Waals surface area contributed by atoms with Crippen LogP contribution in [-0.4, -0.2) is 44.6 Å². The monoisotopic (exact) mass is 286 g/mol. The van der Waals surface area contributed by atoms with Crippen molar-refractivity contribution in [3.8, 4) is 0 Å². The molecule has 0 radical (unpaired) electrons. The standard InChI is InChI=1S/C13H22N2O3S/c1-10(9-16)14-11(2)12-5-7-13(8-6-12)19(17,18)15(3)4/h5-8,10-11,14,16H,9H2,1-4H3/t10-,11?/m1/s1. The predicted molar refractivity (Wildman–Crippen MR) is 75.4 cm³/mol. The molecule has 0 aliphatic carbocycles. The zero-order valence-corrected chi connectivity index (χ0v) is 12.6. The van der Waals surface area contributed by atoms with E-state index in [1.165, 1.54) is 18.4 Å². The van der Waals surface area contributed by atoms with E-state index in [9.17, 15) is 8.42 Å². The Morgan fingerprint density at radius 3 is 2.16 bits per heavy atom. The Labute approximate surface area is 115 Å². The van der Waals surface area contributed by atoms with Crippen LogP contribution in [0.15, 0.2) is 29.2 Å². The van der Waals surface area contributed by atoms with Gasteiger partial charge < -0.3 is 10.4 Å². The first-order valence-corrected chi connectivity index (χ1v) is 7.62. The van der Waals surface area contributed by atoms with Crippen LogP contribution in [0.25, 0.3) is 0 Å². The maximum atomic E-state index is 11.9. The summed E-state index contributed by atoms with van der Waals surface area (Å²) in [6, 6.07) is 6.84. The highest BCUT2D eigenvalue weighted by molar-refractivity contribution is 7.89. The molecule has 0 aromatic heterocycles. The van der Waals surface area contributed by atoms with Crippen molar-refractivity contribution in [2.24, 2.45) is 0 Å². The van der Waals surface area contributed by atoms with Crippen LogP contribution in [0, 0.1) is 0 Å². The van der Waals surface area contributed by atoms with Gasteiger partial charge in [0.15, 0.2) is 0 Å². The molecule has 0 aliphatic rings. The van der Waals surface area contributed by atoms with E-state index in [4.69, 9.17) is 5.11 Å². The number of hydrogen-bond acceptors (Lipinski definition) is 4. The van der Waals surface area contributed by atoms with E-state index >= 15 is 0 Å². The molecule has 1 aromatic carbocycles. The van der Waals surface area contributed by atoms with Gasteiger partial charge in [0, 0.05) is 26.2 Å². The molecule has 5 nitrogen and oxygen atoms in total. The highest BCUT2D eigenvalue weighted by Crippen LogP contribution is 2.18. The second kappa shape index (κ2) is 6.47. The maximum Gasteiger partial charge on any atom is 0.242 e. The first-order chi connectivity index (χ1) is 8.78. The lowest BCUT2D eigenvalue weighted by Crippen LogP contribution is -2.31. The first-order valence-electron chi connectivity index (χ1n) is 6.18. The molecule has 0 saturated carbocycles. The lowest BCUT2D eigenvalue weighted by Gasteiger charge is -2.19. The maximum absolute atomic E-state index is 11.9. The smallest absolute Gasteiger partial charge is 0.242 e. The van der Waals surface area contributed by atoms with Crippen molar-refractivity contribution >= 4 is 10.0 Å². The van der Waals surface area contributed by atoms with Crippen molar-refractivity contribution in [1.82, 2.24) is 9.62 Å². The SMILES string of the molecule is CC(N[C@H](C)CO)c1ccc(S(=O)(=O)N(C)C)cc1. The van der Waals surface area contributed by atoms with E-state index in [1.807, 2.05) is 13.8 Å². The quantitative estimate of drug-likeness (QED) is 0.817. The fraction of sp³-hybridized carbons (Fsp3) is 0.538.